The second-order valence-corrected chi connectivity index (χ2v) is 10.7. The normalized spacial score (nSPS) is 29.9. The minimum Gasteiger partial charge on any atom is -0.468 e. The summed E-state index contributed by atoms with van der Waals surface area (Å²) < 4.78 is 10.5. The molecule has 0 aliphatic carbocycles. The maximum atomic E-state index is 14.1. The lowest BCUT2D eigenvalue weighted by molar-refractivity contribution is -0.383. The second-order valence-electron chi connectivity index (χ2n) is 10.1. The molecule has 0 radical (unpaired) electrons. The number of esters is 2. The van der Waals surface area contributed by atoms with Gasteiger partial charge in [0, 0.05) is 38.2 Å². The summed E-state index contributed by atoms with van der Waals surface area (Å²) in [5.74, 6) is -5.11. The number of nitrogens with zero attached hydrogens (tertiary/aromatic N) is 5. The fourth-order valence-electron chi connectivity index (χ4n) is 6.56. The molecule has 3 aromatic rings. The Morgan fingerprint density at radius 3 is 2.10 bits per heavy atom. The maximum Gasteiger partial charge on any atom is 0.322 e. The lowest BCUT2D eigenvalue weighted by Crippen LogP contribution is -2.87. The number of hydrogen-bond donors (Lipinski definition) is 2. The van der Waals surface area contributed by atoms with Crippen LogP contribution in [0.5, 0.6) is 0 Å². The van der Waals surface area contributed by atoms with E-state index in [0.717, 1.165) is 14.2 Å². The predicted octanol–water partition coefficient (Wildman–Crippen LogP) is 1.47. The van der Waals surface area contributed by atoms with Gasteiger partial charge in [0.1, 0.15) is 0 Å². The van der Waals surface area contributed by atoms with E-state index in [0.29, 0.717) is 11.4 Å². The number of ether oxygens (including phenoxy) is 2. The van der Waals surface area contributed by atoms with Crippen molar-refractivity contribution in [1.82, 2.24) is 24.8 Å². The van der Waals surface area contributed by atoms with Crippen molar-refractivity contribution >= 4 is 23.5 Å². The summed E-state index contributed by atoms with van der Waals surface area (Å²) in [5, 5.41) is 24.9. The number of hydrogen-bond acceptors (Lipinski definition) is 11. The molecule has 0 amide bonds. The highest BCUT2D eigenvalue weighted by atomic mass is 35.5. The van der Waals surface area contributed by atoms with Gasteiger partial charge >= 0.3 is 11.9 Å². The standard InChI is InChI=1S/C28H30ClN5O6/c1-33-22(20-11-5-8-14-31-20)25(23(35)39-2)17-34(16-19-10-4-7-13-30-19)18-26(24(36)40-3,28(25,37)38)27(33,29)21-12-6-9-15-32-21/h4-15,22,37-38H,16-18H2,1-3H3. The summed E-state index contributed by atoms with van der Waals surface area (Å²) in [6.45, 7) is -0.396. The van der Waals surface area contributed by atoms with Crippen molar-refractivity contribution in [3.05, 3.63) is 90.3 Å². The minimum atomic E-state index is -3.12. The Morgan fingerprint density at radius 1 is 0.925 bits per heavy atom. The Kier molecular flexibility index (Phi) is 7.13. The number of methoxy groups -OCH3 is 2. The van der Waals surface area contributed by atoms with Gasteiger partial charge in [-0.25, -0.2) is 0 Å². The second kappa shape index (κ2) is 10.2. The maximum absolute atomic E-state index is 14.1. The number of pyridine rings is 3. The number of aliphatic hydroxyl groups is 2. The zero-order valence-corrected chi connectivity index (χ0v) is 23.0. The van der Waals surface area contributed by atoms with Crippen molar-refractivity contribution in [2.75, 3.05) is 34.4 Å². The molecule has 2 aliphatic heterocycles. The number of carbonyl (C=O) groups is 2. The molecule has 4 atom stereocenters. The van der Waals surface area contributed by atoms with Crippen molar-refractivity contribution in [3.8, 4) is 0 Å². The fourth-order valence-corrected chi connectivity index (χ4v) is 7.04. The van der Waals surface area contributed by atoms with Crippen molar-refractivity contribution in [1.29, 1.82) is 0 Å². The Morgan fingerprint density at radius 2 is 1.55 bits per heavy atom. The summed E-state index contributed by atoms with van der Waals surface area (Å²) in [5.41, 5.74) is -3.49. The largest absolute Gasteiger partial charge is 0.468 e. The van der Waals surface area contributed by atoms with Gasteiger partial charge < -0.3 is 19.7 Å². The zero-order valence-electron chi connectivity index (χ0n) is 22.3. The van der Waals surface area contributed by atoms with Gasteiger partial charge in [-0.05, 0) is 43.4 Å². The first-order valence-corrected chi connectivity index (χ1v) is 13.0. The van der Waals surface area contributed by atoms with Crippen LogP contribution >= 0.6 is 11.6 Å². The number of aromatic nitrogens is 3. The highest BCUT2D eigenvalue weighted by Crippen LogP contribution is 2.70. The number of halogens is 1. The molecular weight excluding hydrogens is 538 g/mol. The molecule has 5 heterocycles. The van der Waals surface area contributed by atoms with Crippen LogP contribution in [0.4, 0.5) is 0 Å². The van der Waals surface area contributed by atoms with Gasteiger partial charge in [0.25, 0.3) is 0 Å². The van der Waals surface area contributed by atoms with Crippen molar-refractivity contribution in [2.24, 2.45) is 10.8 Å². The van der Waals surface area contributed by atoms with Gasteiger partial charge in [0.2, 0.25) is 5.79 Å². The molecule has 2 aliphatic rings. The van der Waals surface area contributed by atoms with Gasteiger partial charge in [0.05, 0.1) is 37.3 Å². The fraction of sp³-hybridized carbons (Fsp3) is 0.393. The van der Waals surface area contributed by atoms with Crippen molar-refractivity contribution in [3.63, 3.8) is 0 Å². The topological polar surface area (TPSA) is 138 Å². The average Bonchev–Trinajstić information content (AvgIpc) is 2.98. The average molecular weight is 568 g/mol. The highest BCUT2D eigenvalue weighted by Gasteiger charge is 2.87. The molecule has 3 aromatic heterocycles. The molecule has 2 fully saturated rings. The van der Waals surface area contributed by atoms with Crippen molar-refractivity contribution < 1.29 is 29.3 Å². The number of likely N-dealkylation sites (tertiary alicyclic amines) is 2. The summed E-state index contributed by atoms with van der Waals surface area (Å²) in [4.78, 5) is 42.6. The minimum absolute atomic E-state index is 0.149. The molecule has 2 saturated heterocycles. The van der Waals surface area contributed by atoms with Crippen LogP contribution < -0.4 is 0 Å². The van der Waals surface area contributed by atoms with Crippen LogP contribution in [0.25, 0.3) is 0 Å². The van der Waals surface area contributed by atoms with E-state index in [2.05, 4.69) is 15.0 Å². The summed E-state index contributed by atoms with van der Waals surface area (Å²) in [6, 6.07) is 14.2. The Labute approximate surface area is 236 Å². The molecular formula is C28H30ClN5O6. The smallest absolute Gasteiger partial charge is 0.322 e. The molecule has 11 nitrogen and oxygen atoms in total. The number of alkyl halides is 1. The third-order valence-corrected chi connectivity index (χ3v) is 9.01. The number of rotatable bonds is 6. The van der Waals surface area contributed by atoms with Gasteiger partial charge in [-0.1, -0.05) is 29.8 Å². The number of piperidine rings is 2. The van der Waals surface area contributed by atoms with E-state index >= 15 is 0 Å². The van der Waals surface area contributed by atoms with Crippen LogP contribution in [0.2, 0.25) is 0 Å². The third kappa shape index (κ3) is 3.62. The quantitative estimate of drug-likeness (QED) is 0.194. The molecule has 40 heavy (non-hydrogen) atoms. The molecule has 0 spiro atoms. The third-order valence-electron chi connectivity index (χ3n) is 8.22. The van der Waals surface area contributed by atoms with Gasteiger partial charge in [0.15, 0.2) is 15.8 Å². The van der Waals surface area contributed by atoms with Crippen molar-refractivity contribution in [2.45, 2.75) is 23.4 Å². The lowest BCUT2D eigenvalue weighted by Gasteiger charge is -2.69. The summed E-state index contributed by atoms with van der Waals surface area (Å²) in [7, 11) is 3.88. The SMILES string of the molecule is COC(=O)C12CN(Cc3ccccn3)CC(C(=O)OC)(C(Cl)(c3ccccn3)N(C)C1c1ccccn1)C2(O)O. The van der Waals surface area contributed by atoms with E-state index in [1.807, 2.05) is 6.07 Å². The van der Waals surface area contributed by atoms with E-state index in [9.17, 15) is 19.8 Å². The van der Waals surface area contributed by atoms with Gasteiger partial charge in [-0.15, -0.1) is 0 Å². The Bertz CT molecular complexity index is 1380. The van der Waals surface area contributed by atoms with Gasteiger partial charge in [-0.2, -0.15) is 0 Å². The molecule has 2 N–H and O–H groups in total. The summed E-state index contributed by atoms with van der Waals surface area (Å²) in [6.07, 6.45) is 4.64. The lowest BCUT2D eigenvalue weighted by atomic mass is 9.50. The summed E-state index contributed by atoms with van der Waals surface area (Å²) >= 11 is 7.57. The van der Waals surface area contributed by atoms with E-state index < -0.39 is 39.6 Å². The zero-order chi connectivity index (χ0) is 28.8. The van der Waals surface area contributed by atoms with Crippen LogP contribution in [-0.2, 0) is 30.6 Å². The number of carbonyl (C=O) groups excluding carboxylic acids is 2. The van der Waals surface area contributed by atoms with E-state index in [1.54, 1.807) is 71.6 Å². The highest BCUT2D eigenvalue weighted by molar-refractivity contribution is 6.26. The predicted molar refractivity (Wildman–Crippen MR) is 142 cm³/mol. The molecule has 12 heteroatoms. The first-order chi connectivity index (χ1) is 19.1. The molecule has 4 unspecified atom stereocenters. The van der Waals surface area contributed by atoms with Gasteiger partial charge in [-0.3, -0.25) is 34.3 Å². The van der Waals surface area contributed by atoms with Crippen LogP contribution in [0, 0.1) is 10.8 Å². The van der Waals surface area contributed by atoms with Crippen LogP contribution in [0.15, 0.2) is 73.2 Å². The molecule has 5 rings (SSSR count). The first-order valence-electron chi connectivity index (χ1n) is 12.6. The molecule has 2 bridgehead atoms. The molecule has 0 saturated carbocycles. The van der Waals surface area contributed by atoms with Crippen LogP contribution in [0.3, 0.4) is 0 Å². The molecule has 210 valence electrons. The Hall–Kier alpha value is -3.48. The van der Waals surface area contributed by atoms with Crippen LogP contribution in [0.1, 0.15) is 23.1 Å². The monoisotopic (exact) mass is 567 g/mol. The van der Waals surface area contributed by atoms with Crippen LogP contribution in [-0.4, -0.2) is 87.0 Å². The van der Waals surface area contributed by atoms with E-state index in [-0.39, 0.29) is 25.3 Å². The molecule has 0 aromatic carbocycles. The number of fused-ring (bicyclic) bond motifs is 2. The van der Waals surface area contributed by atoms with E-state index in [1.165, 1.54) is 12.4 Å². The van der Waals surface area contributed by atoms with E-state index in [4.69, 9.17) is 21.1 Å². The first kappa shape index (κ1) is 28.1. The Balaban J connectivity index is 1.89.